The van der Waals surface area contributed by atoms with E-state index < -0.39 is 0 Å². The molecule has 15 heavy (non-hydrogen) atoms. The molecule has 1 rings (SSSR count). The number of nitrogens with one attached hydrogen (secondary N) is 1. The molecule has 0 heterocycles. The molecule has 0 spiro atoms. The van der Waals surface area contributed by atoms with E-state index in [1.807, 2.05) is 6.92 Å². The predicted octanol–water partition coefficient (Wildman–Crippen LogP) is 3.03. The molecule has 0 fully saturated rings. The second-order valence-electron chi connectivity index (χ2n) is 3.89. The number of anilines is 1. The Kier molecular flexibility index (Phi) is 4.88. The summed E-state index contributed by atoms with van der Waals surface area (Å²) in [5, 5.41) is 3.28. The van der Waals surface area contributed by atoms with Crippen LogP contribution in [0, 0.1) is 0 Å². The molecule has 0 amide bonds. The van der Waals surface area contributed by atoms with Gasteiger partial charge in [0.15, 0.2) is 0 Å². The number of carbonyl (C=O) groups is 1. The quantitative estimate of drug-likeness (QED) is 0.723. The minimum atomic E-state index is 0.208. The number of aldehydes is 1. The van der Waals surface area contributed by atoms with Gasteiger partial charge in [-0.2, -0.15) is 0 Å². The van der Waals surface area contributed by atoms with Gasteiger partial charge in [0.1, 0.15) is 6.29 Å². The molecule has 82 valence electrons. The van der Waals surface area contributed by atoms with Crippen LogP contribution in [-0.2, 0) is 11.2 Å². The van der Waals surface area contributed by atoms with Crippen LogP contribution in [-0.4, -0.2) is 12.3 Å². The fourth-order valence-electron chi connectivity index (χ4n) is 1.54. The average Bonchev–Trinajstić information content (AvgIpc) is 2.22. The van der Waals surface area contributed by atoms with Gasteiger partial charge in [-0.25, -0.2) is 0 Å². The summed E-state index contributed by atoms with van der Waals surface area (Å²) in [5.41, 5.74) is 2.45. The first-order valence-electron chi connectivity index (χ1n) is 5.55. The van der Waals surface area contributed by atoms with Crippen molar-refractivity contribution in [2.45, 2.75) is 39.2 Å². The van der Waals surface area contributed by atoms with E-state index in [9.17, 15) is 4.79 Å². The van der Waals surface area contributed by atoms with Crippen molar-refractivity contribution >= 4 is 12.0 Å². The molecule has 1 N–H and O–H groups in total. The van der Waals surface area contributed by atoms with Crippen LogP contribution >= 0.6 is 0 Å². The standard InChI is InChI=1S/C13H19NO/c1-3-4-12-5-7-13(8-6-12)14-11(2)9-10-15/h5-8,10-11,14H,3-4,9H2,1-2H3. The topological polar surface area (TPSA) is 29.1 Å². The second kappa shape index (κ2) is 6.23. The van der Waals surface area contributed by atoms with Gasteiger partial charge >= 0.3 is 0 Å². The lowest BCUT2D eigenvalue weighted by atomic mass is 10.1. The summed E-state index contributed by atoms with van der Waals surface area (Å²) in [6.45, 7) is 4.19. The molecule has 0 aliphatic carbocycles. The Morgan fingerprint density at radius 3 is 2.53 bits per heavy atom. The van der Waals surface area contributed by atoms with Gasteiger partial charge in [0, 0.05) is 18.2 Å². The summed E-state index contributed by atoms with van der Waals surface area (Å²) in [7, 11) is 0. The lowest BCUT2D eigenvalue weighted by molar-refractivity contribution is -0.107. The Morgan fingerprint density at radius 2 is 2.00 bits per heavy atom. The summed E-state index contributed by atoms with van der Waals surface area (Å²) >= 11 is 0. The highest BCUT2D eigenvalue weighted by molar-refractivity contribution is 5.53. The van der Waals surface area contributed by atoms with E-state index in [1.165, 1.54) is 12.0 Å². The normalized spacial score (nSPS) is 12.1. The van der Waals surface area contributed by atoms with Crippen molar-refractivity contribution in [1.82, 2.24) is 0 Å². The summed E-state index contributed by atoms with van der Waals surface area (Å²) < 4.78 is 0. The van der Waals surface area contributed by atoms with Crippen LogP contribution in [0.4, 0.5) is 5.69 Å². The molecule has 1 atom stereocenters. The maximum Gasteiger partial charge on any atom is 0.122 e. The van der Waals surface area contributed by atoms with Gasteiger partial charge in [-0.15, -0.1) is 0 Å². The Bertz CT molecular complexity index is 292. The minimum Gasteiger partial charge on any atom is -0.382 e. The molecule has 0 aliphatic heterocycles. The van der Waals surface area contributed by atoms with Gasteiger partial charge in [0.25, 0.3) is 0 Å². The van der Waals surface area contributed by atoms with Crippen molar-refractivity contribution in [3.05, 3.63) is 29.8 Å². The summed E-state index contributed by atoms with van der Waals surface area (Å²) in [5.74, 6) is 0. The van der Waals surface area contributed by atoms with Crippen molar-refractivity contribution < 1.29 is 4.79 Å². The Hall–Kier alpha value is -1.31. The van der Waals surface area contributed by atoms with Gasteiger partial charge in [0.05, 0.1) is 0 Å². The Balaban J connectivity index is 2.52. The summed E-state index contributed by atoms with van der Waals surface area (Å²) in [6, 6.07) is 8.64. The molecule has 0 aliphatic rings. The highest BCUT2D eigenvalue weighted by atomic mass is 16.1. The lowest BCUT2D eigenvalue weighted by Crippen LogP contribution is -2.15. The molecule has 2 nitrogen and oxygen atoms in total. The van der Waals surface area contributed by atoms with Gasteiger partial charge in [0.2, 0.25) is 0 Å². The highest BCUT2D eigenvalue weighted by Gasteiger charge is 2.00. The van der Waals surface area contributed by atoms with E-state index in [-0.39, 0.29) is 6.04 Å². The molecule has 0 bridgehead atoms. The van der Waals surface area contributed by atoms with Gasteiger partial charge < -0.3 is 10.1 Å². The first-order valence-corrected chi connectivity index (χ1v) is 5.55. The molecular formula is C13H19NO. The zero-order valence-electron chi connectivity index (χ0n) is 9.49. The van der Waals surface area contributed by atoms with Crippen LogP contribution in [0.25, 0.3) is 0 Å². The first-order chi connectivity index (χ1) is 7.26. The van der Waals surface area contributed by atoms with E-state index in [4.69, 9.17) is 0 Å². The Labute approximate surface area is 91.7 Å². The largest absolute Gasteiger partial charge is 0.382 e. The lowest BCUT2D eigenvalue weighted by Gasteiger charge is -2.12. The number of benzene rings is 1. The molecule has 0 aromatic heterocycles. The van der Waals surface area contributed by atoms with E-state index in [0.29, 0.717) is 6.42 Å². The third-order valence-electron chi connectivity index (χ3n) is 2.36. The maximum atomic E-state index is 10.3. The molecular weight excluding hydrogens is 186 g/mol. The molecule has 0 radical (unpaired) electrons. The number of carbonyl (C=O) groups excluding carboxylic acids is 1. The third-order valence-corrected chi connectivity index (χ3v) is 2.36. The van der Waals surface area contributed by atoms with Crippen LogP contribution in [0.2, 0.25) is 0 Å². The zero-order valence-corrected chi connectivity index (χ0v) is 9.49. The van der Waals surface area contributed by atoms with Gasteiger partial charge in [-0.05, 0) is 31.0 Å². The van der Waals surface area contributed by atoms with Crippen LogP contribution in [0.3, 0.4) is 0 Å². The van der Waals surface area contributed by atoms with Crippen molar-refractivity contribution in [3.8, 4) is 0 Å². The molecule has 1 aromatic rings. The molecule has 2 heteroatoms. The minimum absolute atomic E-state index is 0.208. The Morgan fingerprint density at radius 1 is 1.33 bits per heavy atom. The number of hydrogen-bond acceptors (Lipinski definition) is 2. The number of aryl methyl sites for hydroxylation is 1. The van der Waals surface area contributed by atoms with Crippen molar-refractivity contribution in [2.75, 3.05) is 5.32 Å². The van der Waals surface area contributed by atoms with Crippen LogP contribution < -0.4 is 5.32 Å². The molecule has 0 saturated heterocycles. The molecule has 0 saturated carbocycles. The number of hydrogen-bond donors (Lipinski definition) is 1. The van der Waals surface area contributed by atoms with Crippen molar-refractivity contribution in [1.29, 1.82) is 0 Å². The van der Waals surface area contributed by atoms with Crippen LogP contribution in [0.5, 0.6) is 0 Å². The average molecular weight is 205 g/mol. The van der Waals surface area contributed by atoms with Crippen molar-refractivity contribution in [3.63, 3.8) is 0 Å². The van der Waals surface area contributed by atoms with Gasteiger partial charge in [-0.1, -0.05) is 25.5 Å². The van der Waals surface area contributed by atoms with E-state index >= 15 is 0 Å². The fraction of sp³-hybridized carbons (Fsp3) is 0.462. The third kappa shape index (κ3) is 4.15. The van der Waals surface area contributed by atoms with E-state index in [1.54, 1.807) is 0 Å². The smallest absolute Gasteiger partial charge is 0.122 e. The summed E-state index contributed by atoms with van der Waals surface area (Å²) in [4.78, 5) is 10.3. The fourth-order valence-corrected chi connectivity index (χ4v) is 1.54. The van der Waals surface area contributed by atoms with Crippen LogP contribution in [0.15, 0.2) is 24.3 Å². The monoisotopic (exact) mass is 205 g/mol. The SMILES string of the molecule is CCCc1ccc(NC(C)CC=O)cc1. The summed E-state index contributed by atoms with van der Waals surface area (Å²) in [6.07, 6.45) is 3.80. The van der Waals surface area contributed by atoms with E-state index in [0.717, 1.165) is 18.4 Å². The second-order valence-corrected chi connectivity index (χ2v) is 3.89. The van der Waals surface area contributed by atoms with E-state index in [2.05, 4.69) is 36.5 Å². The number of rotatable bonds is 6. The highest BCUT2D eigenvalue weighted by Crippen LogP contribution is 2.12. The molecule has 1 aromatic carbocycles. The predicted molar refractivity (Wildman–Crippen MR) is 64.2 cm³/mol. The zero-order chi connectivity index (χ0) is 11.1. The van der Waals surface area contributed by atoms with Crippen LogP contribution in [0.1, 0.15) is 32.3 Å². The first kappa shape index (κ1) is 11.8. The maximum absolute atomic E-state index is 10.3. The molecule has 1 unspecified atom stereocenters. The van der Waals surface area contributed by atoms with Crippen molar-refractivity contribution in [2.24, 2.45) is 0 Å². The van der Waals surface area contributed by atoms with Gasteiger partial charge in [-0.3, -0.25) is 0 Å².